The van der Waals surface area contributed by atoms with Gasteiger partial charge in [0.2, 0.25) is 0 Å². The molecule has 1 fully saturated rings. The summed E-state index contributed by atoms with van der Waals surface area (Å²) in [7, 11) is 1.88. The Morgan fingerprint density at radius 2 is 1.83 bits per heavy atom. The number of hydrogen-bond donors (Lipinski definition) is 1. The highest BCUT2D eigenvalue weighted by molar-refractivity contribution is 5.84. The smallest absolute Gasteiger partial charge is 0.407 e. The van der Waals surface area contributed by atoms with E-state index in [1.807, 2.05) is 52.5 Å². The van der Waals surface area contributed by atoms with Crippen LogP contribution in [0.25, 0.3) is 16.6 Å². The minimum Gasteiger partial charge on any atom is -0.444 e. The number of aromatic nitrogens is 4. The molecule has 1 unspecified atom stereocenters. The number of nitrogens with zero attached hydrogens (tertiary/aromatic N) is 5. The van der Waals surface area contributed by atoms with E-state index >= 15 is 0 Å². The molecule has 0 aliphatic carbocycles. The normalized spacial score (nSPS) is 18.3. The van der Waals surface area contributed by atoms with Crippen molar-refractivity contribution in [1.82, 2.24) is 24.9 Å². The van der Waals surface area contributed by atoms with Gasteiger partial charge in [0, 0.05) is 36.4 Å². The first-order valence-electron chi connectivity index (χ1n) is 11.7. The van der Waals surface area contributed by atoms with E-state index < -0.39 is 11.7 Å². The predicted molar refractivity (Wildman–Crippen MR) is 132 cm³/mol. The number of amides is 1. The third-order valence-electron chi connectivity index (χ3n) is 6.12. The van der Waals surface area contributed by atoms with E-state index in [4.69, 9.17) is 4.74 Å². The van der Waals surface area contributed by atoms with Crippen LogP contribution in [-0.4, -0.2) is 43.8 Å². The van der Waals surface area contributed by atoms with Gasteiger partial charge in [0.25, 0.3) is 0 Å². The number of benzene rings is 2. The Bertz CT molecular complexity index is 1350. The SMILES string of the molecule is Cn1cc([C@@H]2C(NC(=O)OC(C)(C)C)CCN2c2ccc3c(cnn3-c3ccc(F)cc3)c2)cn1. The van der Waals surface area contributed by atoms with Gasteiger partial charge in [-0.1, -0.05) is 0 Å². The summed E-state index contributed by atoms with van der Waals surface area (Å²) in [5.74, 6) is -0.280. The molecule has 2 atom stereocenters. The molecule has 3 heterocycles. The van der Waals surface area contributed by atoms with Gasteiger partial charge in [0.1, 0.15) is 11.4 Å². The molecule has 1 N–H and O–H groups in total. The summed E-state index contributed by atoms with van der Waals surface area (Å²) >= 11 is 0. The highest BCUT2D eigenvalue weighted by atomic mass is 19.1. The van der Waals surface area contributed by atoms with Crippen LogP contribution in [0.15, 0.2) is 61.1 Å². The Hall–Kier alpha value is -3.88. The monoisotopic (exact) mass is 476 g/mol. The number of rotatable bonds is 4. The average Bonchev–Trinajstić information content (AvgIpc) is 3.50. The van der Waals surface area contributed by atoms with E-state index in [9.17, 15) is 9.18 Å². The molecule has 8 nitrogen and oxygen atoms in total. The molecule has 2 aromatic heterocycles. The maximum atomic E-state index is 13.4. The van der Waals surface area contributed by atoms with Crippen molar-refractivity contribution >= 4 is 22.7 Å². The molecule has 1 amide bonds. The van der Waals surface area contributed by atoms with Gasteiger partial charge in [-0.15, -0.1) is 0 Å². The lowest BCUT2D eigenvalue weighted by molar-refractivity contribution is 0.0501. The number of alkyl carbamates (subject to hydrolysis) is 1. The predicted octanol–water partition coefficient (Wildman–Crippen LogP) is 4.74. The molecule has 1 saturated heterocycles. The van der Waals surface area contributed by atoms with Crippen LogP contribution >= 0.6 is 0 Å². The maximum Gasteiger partial charge on any atom is 0.407 e. The fourth-order valence-electron chi connectivity index (χ4n) is 4.68. The lowest BCUT2D eigenvalue weighted by Crippen LogP contribution is -2.42. The van der Waals surface area contributed by atoms with Gasteiger partial charge in [-0.25, -0.2) is 13.9 Å². The lowest BCUT2D eigenvalue weighted by Gasteiger charge is -2.30. The van der Waals surface area contributed by atoms with Crippen molar-refractivity contribution in [3.05, 3.63) is 72.4 Å². The zero-order valence-electron chi connectivity index (χ0n) is 20.3. The van der Waals surface area contributed by atoms with Crippen molar-refractivity contribution < 1.29 is 13.9 Å². The number of aryl methyl sites for hydroxylation is 1. The molecule has 5 rings (SSSR count). The molecule has 1 aliphatic rings. The van der Waals surface area contributed by atoms with Crippen LogP contribution in [0.3, 0.4) is 0 Å². The Labute approximate surface area is 203 Å². The van der Waals surface area contributed by atoms with Gasteiger partial charge in [0.15, 0.2) is 0 Å². The first-order valence-corrected chi connectivity index (χ1v) is 11.7. The Morgan fingerprint density at radius 1 is 1.09 bits per heavy atom. The molecule has 0 saturated carbocycles. The van der Waals surface area contributed by atoms with E-state index in [1.54, 1.807) is 21.5 Å². The molecule has 0 bridgehead atoms. The number of anilines is 1. The standard InChI is InChI=1S/C26H29FN6O2/c1-26(2,3)35-25(34)30-22-11-12-32(24(22)18-15-28-31(4)16-18)21-9-10-23-17(13-21)14-29-33(23)20-7-5-19(27)6-8-20/h5-10,13-16,22,24H,11-12H2,1-4H3,(H,30,34)/t22?,24-/m1/s1. The number of hydrogen-bond acceptors (Lipinski definition) is 5. The van der Waals surface area contributed by atoms with E-state index in [0.29, 0.717) is 0 Å². The number of carbonyl (C=O) groups excluding carboxylic acids is 1. The summed E-state index contributed by atoms with van der Waals surface area (Å²) in [5, 5.41) is 12.9. The van der Waals surface area contributed by atoms with Gasteiger partial charge < -0.3 is 15.0 Å². The second kappa shape index (κ2) is 8.72. The minimum atomic E-state index is -0.568. The summed E-state index contributed by atoms with van der Waals surface area (Å²) in [4.78, 5) is 14.9. The second-order valence-corrected chi connectivity index (χ2v) is 9.90. The topological polar surface area (TPSA) is 77.2 Å². The highest BCUT2D eigenvalue weighted by Gasteiger charge is 2.38. The summed E-state index contributed by atoms with van der Waals surface area (Å²) in [6, 6.07) is 12.2. The lowest BCUT2D eigenvalue weighted by atomic mass is 10.0. The highest BCUT2D eigenvalue weighted by Crippen LogP contribution is 2.38. The average molecular weight is 477 g/mol. The molecular weight excluding hydrogens is 447 g/mol. The first kappa shape index (κ1) is 22.9. The Balaban J connectivity index is 1.46. The summed E-state index contributed by atoms with van der Waals surface area (Å²) in [6.45, 7) is 6.33. The minimum absolute atomic E-state index is 0.0965. The van der Waals surface area contributed by atoms with Crippen LogP contribution in [0.1, 0.15) is 38.8 Å². The zero-order valence-corrected chi connectivity index (χ0v) is 20.3. The zero-order chi connectivity index (χ0) is 24.7. The van der Waals surface area contributed by atoms with Crippen LogP contribution in [0, 0.1) is 5.82 Å². The largest absolute Gasteiger partial charge is 0.444 e. The molecule has 182 valence electrons. The van der Waals surface area contributed by atoms with Gasteiger partial charge in [-0.05, 0) is 69.7 Å². The first-order chi connectivity index (χ1) is 16.7. The van der Waals surface area contributed by atoms with Crippen molar-refractivity contribution in [3.8, 4) is 5.69 Å². The Morgan fingerprint density at radius 3 is 2.51 bits per heavy atom. The second-order valence-electron chi connectivity index (χ2n) is 9.90. The van der Waals surface area contributed by atoms with Crippen LogP contribution in [0.5, 0.6) is 0 Å². The van der Waals surface area contributed by atoms with Crippen LogP contribution in [0.4, 0.5) is 14.9 Å². The molecule has 0 radical (unpaired) electrons. The summed E-state index contributed by atoms with van der Waals surface area (Å²) in [6.07, 6.45) is 5.99. The fourth-order valence-corrected chi connectivity index (χ4v) is 4.68. The van der Waals surface area contributed by atoms with E-state index in [-0.39, 0.29) is 17.9 Å². The molecule has 2 aromatic carbocycles. The maximum absolute atomic E-state index is 13.4. The summed E-state index contributed by atoms with van der Waals surface area (Å²) in [5.41, 5.74) is 3.21. The van der Waals surface area contributed by atoms with Crippen molar-refractivity contribution in [1.29, 1.82) is 0 Å². The molecule has 9 heteroatoms. The number of fused-ring (bicyclic) bond motifs is 1. The quantitative estimate of drug-likeness (QED) is 0.460. The van der Waals surface area contributed by atoms with Gasteiger partial charge in [0.05, 0.1) is 35.7 Å². The number of ether oxygens (including phenoxy) is 1. The molecular formula is C26H29FN6O2. The van der Waals surface area contributed by atoms with E-state index in [0.717, 1.165) is 40.8 Å². The van der Waals surface area contributed by atoms with Crippen LogP contribution in [0.2, 0.25) is 0 Å². The van der Waals surface area contributed by atoms with Crippen LogP contribution < -0.4 is 10.2 Å². The van der Waals surface area contributed by atoms with Gasteiger partial charge >= 0.3 is 6.09 Å². The van der Waals surface area contributed by atoms with Crippen molar-refractivity contribution in [2.24, 2.45) is 7.05 Å². The molecule has 4 aromatic rings. The third kappa shape index (κ3) is 4.71. The van der Waals surface area contributed by atoms with Crippen molar-refractivity contribution in [3.63, 3.8) is 0 Å². The molecule has 1 aliphatic heterocycles. The Kier molecular flexibility index (Phi) is 5.70. The van der Waals surface area contributed by atoms with Crippen molar-refractivity contribution in [2.75, 3.05) is 11.4 Å². The third-order valence-corrected chi connectivity index (χ3v) is 6.12. The molecule has 0 spiro atoms. The molecule has 35 heavy (non-hydrogen) atoms. The van der Waals surface area contributed by atoms with E-state index in [2.05, 4.69) is 32.5 Å². The number of nitrogens with one attached hydrogen (secondary N) is 1. The van der Waals surface area contributed by atoms with Gasteiger partial charge in [-0.2, -0.15) is 10.2 Å². The van der Waals surface area contributed by atoms with E-state index in [1.165, 1.54) is 12.1 Å². The number of carbonyl (C=O) groups is 1. The number of halogens is 1. The summed E-state index contributed by atoms with van der Waals surface area (Å²) < 4.78 is 22.4. The van der Waals surface area contributed by atoms with Crippen molar-refractivity contribution in [2.45, 2.75) is 44.9 Å². The van der Waals surface area contributed by atoms with Crippen LogP contribution in [-0.2, 0) is 11.8 Å². The fraction of sp³-hybridized carbons (Fsp3) is 0.346. The van der Waals surface area contributed by atoms with Gasteiger partial charge in [-0.3, -0.25) is 4.68 Å².